The Morgan fingerprint density at radius 3 is 2.41 bits per heavy atom. The molecule has 0 saturated heterocycles. The van der Waals surface area contributed by atoms with Crippen molar-refractivity contribution in [3.63, 3.8) is 0 Å². The highest BCUT2D eigenvalue weighted by Gasteiger charge is 2.23. The molecular weight excluding hydrogens is 464 g/mol. The van der Waals surface area contributed by atoms with Crippen molar-refractivity contribution >= 4 is 44.3 Å². The zero-order valence-corrected chi connectivity index (χ0v) is 20.6. The molecule has 3 aromatic carbocycles. The van der Waals surface area contributed by atoms with E-state index in [1.165, 1.54) is 34.8 Å². The second-order valence-corrected chi connectivity index (χ2v) is 11.3. The lowest BCUT2D eigenvalue weighted by Gasteiger charge is -2.15. The number of fused-ring (bicyclic) bond motifs is 3. The third-order valence-electron chi connectivity index (χ3n) is 6.23. The van der Waals surface area contributed by atoms with E-state index < -0.39 is 10.0 Å². The predicted octanol–water partition coefficient (Wildman–Crippen LogP) is 6.06. The molecule has 5 nitrogen and oxygen atoms in total. The molecule has 1 aromatic heterocycles. The lowest BCUT2D eigenvalue weighted by Crippen LogP contribution is -2.18. The summed E-state index contributed by atoms with van der Waals surface area (Å²) in [5.74, 6) is 0.396. The van der Waals surface area contributed by atoms with Gasteiger partial charge in [0.15, 0.2) is 0 Å². The number of aromatic nitrogens is 1. The van der Waals surface area contributed by atoms with Crippen molar-refractivity contribution in [2.24, 2.45) is 0 Å². The zero-order chi connectivity index (χ0) is 23.7. The number of carbonyl (C=O) groups excluding carboxylic acids is 1. The number of rotatable bonds is 6. The van der Waals surface area contributed by atoms with Crippen molar-refractivity contribution in [1.29, 1.82) is 0 Å². The number of sulfonamides is 1. The molecule has 1 N–H and O–H groups in total. The van der Waals surface area contributed by atoms with Crippen LogP contribution in [0.2, 0.25) is 0 Å². The van der Waals surface area contributed by atoms with E-state index in [-0.39, 0.29) is 10.8 Å². The molecule has 0 amide bonds. The smallest absolute Gasteiger partial charge is 0.261 e. The number of hydrogen-bond donors (Lipinski definition) is 1. The summed E-state index contributed by atoms with van der Waals surface area (Å²) < 4.78 is 29.7. The first kappa shape index (κ1) is 22.7. The van der Waals surface area contributed by atoms with Crippen LogP contribution >= 0.6 is 11.8 Å². The van der Waals surface area contributed by atoms with Crippen LogP contribution in [0, 0.1) is 6.92 Å². The first-order valence-corrected chi connectivity index (χ1v) is 13.9. The molecule has 0 aliphatic heterocycles. The lowest BCUT2D eigenvalue weighted by molar-refractivity contribution is 0.0943. The van der Waals surface area contributed by atoms with Crippen molar-refractivity contribution in [3.05, 3.63) is 89.6 Å². The van der Waals surface area contributed by atoms with E-state index in [1.807, 2.05) is 41.8 Å². The monoisotopic (exact) mass is 490 g/mol. The van der Waals surface area contributed by atoms with Gasteiger partial charge in [-0.25, -0.2) is 8.42 Å². The van der Waals surface area contributed by atoms with Gasteiger partial charge in [0, 0.05) is 21.7 Å². The Morgan fingerprint density at radius 1 is 0.941 bits per heavy atom. The normalized spacial score (nSPS) is 13.6. The summed E-state index contributed by atoms with van der Waals surface area (Å²) in [5, 5.41) is 1.20. The second kappa shape index (κ2) is 9.31. The molecule has 174 valence electrons. The molecule has 34 heavy (non-hydrogen) atoms. The average Bonchev–Trinajstić information content (AvgIpc) is 3.18. The summed E-state index contributed by atoms with van der Waals surface area (Å²) in [6.45, 7) is 1.92. The number of anilines is 1. The van der Waals surface area contributed by atoms with E-state index in [1.54, 1.807) is 36.4 Å². The highest BCUT2D eigenvalue weighted by Crippen LogP contribution is 2.33. The quantitative estimate of drug-likeness (QED) is 0.334. The summed E-state index contributed by atoms with van der Waals surface area (Å²) in [7, 11) is -3.64. The summed E-state index contributed by atoms with van der Waals surface area (Å²) in [6.07, 6.45) is 4.26. The molecule has 0 radical (unpaired) electrons. The number of aryl methyl sites for hydroxylation is 2. The maximum Gasteiger partial charge on any atom is 0.261 e. The zero-order valence-electron chi connectivity index (χ0n) is 19.0. The molecular formula is C27H26N2O3S2. The Bertz CT molecular complexity index is 1450. The highest BCUT2D eigenvalue weighted by atomic mass is 32.2. The molecule has 0 bridgehead atoms. The van der Waals surface area contributed by atoms with Gasteiger partial charge in [-0.05, 0) is 80.6 Å². The number of hydrogen-bond acceptors (Lipinski definition) is 4. The van der Waals surface area contributed by atoms with Gasteiger partial charge in [-0.1, -0.05) is 35.9 Å². The Hall–Kier alpha value is -3.03. The molecule has 1 heterocycles. The molecule has 4 aromatic rings. The summed E-state index contributed by atoms with van der Waals surface area (Å²) in [5.41, 5.74) is 4.98. The fraction of sp³-hybridized carbons (Fsp3) is 0.222. The molecule has 0 saturated carbocycles. The lowest BCUT2D eigenvalue weighted by atomic mass is 9.96. The number of thioether (sulfide) groups is 1. The van der Waals surface area contributed by atoms with E-state index in [0.717, 1.165) is 35.2 Å². The van der Waals surface area contributed by atoms with Crippen molar-refractivity contribution in [3.8, 4) is 0 Å². The largest absolute Gasteiger partial charge is 0.283 e. The summed E-state index contributed by atoms with van der Waals surface area (Å²) >= 11 is 1.46. The highest BCUT2D eigenvalue weighted by molar-refractivity contribution is 8.00. The van der Waals surface area contributed by atoms with Crippen LogP contribution in [-0.2, 0) is 22.9 Å². The van der Waals surface area contributed by atoms with Gasteiger partial charge in [-0.2, -0.15) is 0 Å². The first-order chi connectivity index (χ1) is 16.4. The molecule has 1 aliphatic carbocycles. The van der Waals surface area contributed by atoms with Crippen LogP contribution in [-0.4, -0.2) is 24.6 Å². The van der Waals surface area contributed by atoms with Gasteiger partial charge in [-0.3, -0.25) is 14.1 Å². The van der Waals surface area contributed by atoms with Gasteiger partial charge in [0.05, 0.1) is 16.2 Å². The van der Waals surface area contributed by atoms with Gasteiger partial charge in [0.25, 0.3) is 10.0 Å². The number of para-hydroxylation sites is 1. The Morgan fingerprint density at radius 2 is 1.65 bits per heavy atom. The number of nitrogens with one attached hydrogen (secondary N) is 1. The topological polar surface area (TPSA) is 68.2 Å². The minimum Gasteiger partial charge on any atom is -0.283 e. The van der Waals surface area contributed by atoms with Gasteiger partial charge < -0.3 is 0 Å². The van der Waals surface area contributed by atoms with Gasteiger partial charge in [0.2, 0.25) is 5.91 Å². The van der Waals surface area contributed by atoms with Crippen LogP contribution < -0.4 is 4.72 Å². The van der Waals surface area contributed by atoms with Crippen LogP contribution in [0.5, 0.6) is 0 Å². The molecule has 0 atom stereocenters. The second-order valence-electron chi connectivity index (χ2n) is 8.61. The van der Waals surface area contributed by atoms with E-state index >= 15 is 0 Å². The van der Waals surface area contributed by atoms with Gasteiger partial charge in [0.1, 0.15) is 0 Å². The van der Waals surface area contributed by atoms with Crippen LogP contribution in [0.3, 0.4) is 0 Å². The molecule has 7 heteroatoms. The van der Waals surface area contributed by atoms with Crippen molar-refractivity contribution in [1.82, 2.24) is 4.57 Å². The van der Waals surface area contributed by atoms with Crippen LogP contribution in [0.4, 0.5) is 5.69 Å². The molecule has 0 unspecified atom stereocenters. The van der Waals surface area contributed by atoms with Crippen molar-refractivity contribution < 1.29 is 13.2 Å². The predicted molar refractivity (Wildman–Crippen MR) is 138 cm³/mol. The number of benzene rings is 3. The summed E-state index contributed by atoms with van der Waals surface area (Å²) in [4.78, 5) is 14.4. The fourth-order valence-corrected chi connectivity index (χ4v) is 6.35. The van der Waals surface area contributed by atoms with Crippen molar-refractivity contribution in [2.75, 3.05) is 10.5 Å². The maximum absolute atomic E-state index is 13.3. The van der Waals surface area contributed by atoms with Gasteiger partial charge in [-0.15, -0.1) is 11.8 Å². The Kier molecular flexibility index (Phi) is 6.23. The van der Waals surface area contributed by atoms with E-state index in [4.69, 9.17) is 0 Å². The Labute approximate surface area is 204 Å². The fourth-order valence-electron chi connectivity index (χ4n) is 4.54. The van der Waals surface area contributed by atoms with E-state index in [2.05, 4.69) is 10.8 Å². The Balaban J connectivity index is 1.29. The van der Waals surface area contributed by atoms with E-state index in [9.17, 15) is 13.2 Å². The third kappa shape index (κ3) is 4.50. The minimum atomic E-state index is -3.64. The summed E-state index contributed by atoms with van der Waals surface area (Å²) in [6, 6.07) is 22.1. The van der Waals surface area contributed by atoms with Crippen LogP contribution in [0.1, 0.15) is 34.5 Å². The molecule has 1 aliphatic rings. The standard InChI is InChI=1S/C27H26N2O3S2/c1-19-10-16-22(17-11-19)34(31,32)28-20-12-14-21(15-13-20)33-18-27(30)29-25-8-4-2-6-23(25)24-7-3-5-9-26(24)29/h2,4,6,8,10-17,28H,3,5,7,9,18H2,1H3. The van der Waals surface area contributed by atoms with Gasteiger partial charge >= 0.3 is 0 Å². The third-order valence-corrected chi connectivity index (χ3v) is 8.62. The number of carbonyl (C=O) groups is 1. The molecule has 0 fully saturated rings. The molecule has 0 spiro atoms. The van der Waals surface area contributed by atoms with Crippen LogP contribution in [0.25, 0.3) is 10.9 Å². The van der Waals surface area contributed by atoms with E-state index in [0.29, 0.717) is 11.4 Å². The average molecular weight is 491 g/mol. The number of nitrogens with zero attached hydrogens (tertiary/aromatic N) is 1. The minimum absolute atomic E-state index is 0.0773. The first-order valence-electron chi connectivity index (χ1n) is 11.4. The maximum atomic E-state index is 13.3. The SMILES string of the molecule is Cc1ccc(S(=O)(=O)Nc2ccc(SCC(=O)n3c4c(c5ccccc53)CCCC4)cc2)cc1. The van der Waals surface area contributed by atoms with Crippen LogP contribution in [0.15, 0.2) is 82.6 Å². The van der Waals surface area contributed by atoms with Crippen molar-refractivity contribution in [2.45, 2.75) is 42.4 Å². The molecule has 5 rings (SSSR count).